The Bertz CT molecular complexity index is 312. The summed E-state index contributed by atoms with van der Waals surface area (Å²) in [7, 11) is 1.91. The minimum atomic E-state index is 0.667. The van der Waals surface area contributed by atoms with Crippen molar-refractivity contribution in [1.82, 2.24) is 19.9 Å². The van der Waals surface area contributed by atoms with E-state index < -0.39 is 0 Å². The predicted molar refractivity (Wildman–Crippen MR) is 62.8 cm³/mol. The Morgan fingerprint density at radius 1 is 1.53 bits per heavy atom. The van der Waals surface area contributed by atoms with Crippen LogP contribution in [-0.4, -0.2) is 37.8 Å². The van der Waals surface area contributed by atoms with Crippen molar-refractivity contribution in [1.29, 1.82) is 0 Å². The maximum absolute atomic E-state index is 4.13. The molecule has 84 valence electrons. The van der Waals surface area contributed by atoms with E-state index in [2.05, 4.69) is 31.1 Å². The number of aryl methyl sites for hydroxylation is 1. The molecule has 1 aromatic rings. The highest BCUT2D eigenvalue weighted by atomic mass is 79.9. The van der Waals surface area contributed by atoms with Crippen molar-refractivity contribution in [3.8, 4) is 0 Å². The van der Waals surface area contributed by atoms with E-state index in [9.17, 15) is 0 Å². The van der Waals surface area contributed by atoms with Crippen LogP contribution in [0.3, 0.4) is 0 Å². The molecule has 0 bridgehead atoms. The summed E-state index contributed by atoms with van der Waals surface area (Å²) in [5.74, 6) is 0. The van der Waals surface area contributed by atoms with Gasteiger partial charge in [0.25, 0.3) is 0 Å². The predicted octanol–water partition coefficient (Wildman–Crippen LogP) is 1.56. The second kappa shape index (κ2) is 5.07. The average molecular weight is 273 g/mol. The van der Waals surface area contributed by atoms with Gasteiger partial charge in [-0.3, -0.25) is 9.58 Å². The molecule has 0 spiro atoms. The van der Waals surface area contributed by atoms with Crippen LogP contribution in [0.15, 0.2) is 6.20 Å². The van der Waals surface area contributed by atoms with Gasteiger partial charge in [0.05, 0.1) is 5.69 Å². The molecule has 1 aliphatic heterocycles. The zero-order chi connectivity index (χ0) is 10.7. The Hall–Kier alpha value is -0.420. The highest BCUT2D eigenvalue weighted by Crippen LogP contribution is 2.20. The van der Waals surface area contributed by atoms with Crippen LogP contribution in [-0.2, 0) is 13.6 Å². The van der Waals surface area contributed by atoms with Crippen LogP contribution in [0.1, 0.15) is 25.0 Å². The summed E-state index contributed by atoms with van der Waals surface area (Å²) in [6.45, 7) is 2.12. The van der Waals surface area contributed by atoms with Crippen LogP contribution in [0.4, 0.5) is 0 Å². The molecule has 0 radical (unpaired) electrons. The van der Waals surface area contributed by atoms with Gasteiger partial charge in [0.2, 0.25) is 0 Å². The third kappa shape index (κ3) is 2.78. The molecule has 1 atom stereocenters. The number of hydrogen-bond donors (Lipinski definition) is 0. The van der Waals surface area contributed by atoms with E-state index in [1.54, 1.807) is 4.68 Å². The first-order valence-corrected chi connectivity index (χ1v) is 6.57. The van der Waals surface area contributed by atoms with Gasteiger partial charge in [-0.1, -0.05) is 27.6 Å². The fourth-order valence-electron chi connectivity index (χ4n) is 2.12. The quantitative estimate of drug-likeness (QED) is 0.784. The van der Waals surface area contributed by atoms with Crippen molar-refractivity contribution in [2.24, 2.45) is 7.05 Å². The summed E-state index contributed by atoms with van der Waals surface area (Å²) in [6, 6.07) is 0.667. The van der Waals surface area contributed by atoms with Gasteiger partial charge in [-0.15, -0.1) is 5.10 Å². The topological polar surface area (TPSA) is 34.0 Å². The molecular formula is C10H17BrN4. The van der Waals surface area contributed by atoms with E-state index in [0.29, 0.717) is 6.04 Å². The molecule has 0 saturated carbocycles. The normalized spacial score (nSPS) is 23.2. The zero-order valence-electron chi connectivity index (χ0n) is 9.06. The lowest BCUT2D eigenvalue weighted by Gasteiger charge is -2.33. The smallest absolute Gasteiger partial charge is 0.0967 e. The lowest BCUT2D eigenvalue weighted by Crippen LogP contribution is -2.40. The van der Waals surface area contributed by atoms with Gasteiger partial charge in [-0.05, 0) is 19.4 Å². The highest BCUT2D eigenvalue weighted by Gasteiger charge is 2.21. The molecule has 2 rings (SSSR count). The maximum Gasteiger partial charge on any atom is 0.0967 e. The molecule has 1 fully saturated rings. The van der Waals surface area contributed by atoms with Crippen LogP contribution >= 0.6 is 15.9 Å². The lowest BCUT2D eigenvalue weighted by molar-refractivity contribution is 0.155. The number of likely N-dealkylation sites (tertiary alicyclic amines) is 1. The van der Waals surface area contributed by atoms with E-state index in [1.807, 2.05) is 13.2 Å². The number of rotatable bonds is 3. The fourth-order valence-corrected chi connectivity index (χ4v) is 2.85. The first kappa shape index (κ1) is 11.1. The van der Waals surface area contributed by atoms with Gasteiger partial charge in [0.15, 0.2) is 0 Å². The Balaban J connectivity index is 1.97. The highest BCUT2D eigenvalue weighted by molar-refractivity contribution is 9.09. The molecule has 0 aliphatic carbocycles. The van der Waals surface area contributed by atoms with Crippen molar-refractivity contribution < 1.29 is 0 Å². The van der Waals surface area contributed by atoms with E-state index >= 15 is 0 Å². The SMILES string of the molecule is Cn1cc(CN2CCCCC2CBr)nn1. The number of nitrogens with zero attached hydrogens (tertiary/aromatic N) is 4. The standard InChI is InChI=1S/C10H17BrN4/c1-14-7-9(12-13-14)8-15-5-3-2-4-10(15)6-11/h7,10H,2-6,8H2,1H3. The molecule has 1 unspecified atom stereocenters. The van der Waals surface area contributed by atoms with Crippen LogP contribution in [0, 0.1) is 0 Å². The molecule has 1 saturated heterocycles. The van der Waals surface area contributed by atoms with Crippen molar-refractivity contribution in [3.63, 3.8) is 0 Å². The fraction of sp³-hybridized carbons (Fsp3) is 0.800. The Kier molecular flexibility index (Phi) is 3.75. The Morgan fingerprint density at radius 3 is 3.07 bits per heavy atom. The molecule has 1 aromatic heterocycles. The molecule has 2 heterocycles. The van der Waals surface area contributed by atoms with Gasteiger partial charge >= 0.3 is 0 Å². The first-order chi connectivity index (χ1) is 7.29. The second-order valence-corrected chi connectivity index (χ2v) is 4.81. The van der Waals surface area contributed by atoms with Crippen molar-refractivity contribution >= 4 is 15.9 Å². The minimum absolute atomic E-state index is 0.667. The molecular weight excluding hydrogens is 256 g/mol. The first-order valence-electron chi connectivity index (χ1n) is 5.45. The number of piperidine rings is 1. The number of halogens is 1. The van der Waals surface area contributed by atoms with Crippen molar-refractivity contribution in [3.05, 3.63) is 11.9 Å². The molecule has 4 nitrogen and oxygen atoms in total. The second-order valence-electron chi connectivity index (χ2n) is 4.16. The minimum Gasteiger partial charge on any atom is -0.294 e. The van der Waals surface area contributed by atoms with E-state index in [1.165, 1.54) is 25.8 Å². The maximum atomic E-state index is 4.13. The molecule has 15 heavy (non-hydrogen) atoms. The lowest BCUT2D eigenvalue weighted by atomic mass is 10.0. The summed E-state index contributed by atoms with van der Waals surface area (Å²) in [4.78, 5) is 2.50. The van der Waals surface area contributed by atoms with Crippen LogP contribution in [0.5, 0.6) is 0 Å². The average Bonchev–Trinajstić information content (AvgIpc) is 2.65. The Labute approximate surface area is 98.8 Å². The molecule has 0 amide bonds. The van der Waals surface area contributed by atoms with E-state index in [-0.39, 0.29) is 0 Å². The number of hydrogen-bond acceptors (Lipinski definition) is 3. The van der Waals surface area contributed by atoms with Crippen LogP contribution in [0.2, 0.25) is 0 Å². The molecule has 0 aromatic carbocycles. The van der Waals surface area contributed by atoms with Crippen LogP contribution in [0.25, 0.3) is 0 Å². The zero-order valence-corrected chi connectivity index (χ0v) is 10.7. The van der Waals surface area contributed by atoms with E-state index in [0.717, 1.165) is 17.6 Å². The summed E-state index contributed by atoms with van der Waals surface area (Å²) in [5.41, 5.74) is 1.07. The molecule has 5 heteroatoms. The Morgan fingerprint density at radius 2 is 2.40 bits per heavy atom. The van der Waals surface area contributed by atoms with Gasteiger partial charge in [-0.25, -0.2) is 0 Å². The summed E-state index contributed by atoms with van der Waals surface area (Å²) >= 11 is 3.59. The van der Waals surface area contributed by atoms with Gasteiger partial charge in [0, 0.05) is 31.2 Å². The van der Waals surface area contributed by atoms with Crippen molar-refractivity contribution in [2.45, 2.75) is 31.8 Å². The van der Waals surface area contributed by atoms with Gasteiger partial charge < -0.3 is 0 Å². The molecule has 0 N–H and O–H groups in total. The number of alkyl halides is 1. The summed E-state index contributed by atoms with van der Waals surface area (Å²) in [6.07, 6.45) is 5.96. The summed E-state index contributed by atoms with van der Waals surface area (Å²) in [5, 5.41) is 9.16. The van der Waals surface area contributed by atoms with E-state index in [4.69, 9.17) is 0 Å². The van der Waals surface area contributed by atoms with Crippen LogP contribution < -0.4 is 0 Å². The summed E-state index contributed by atoms with van der Waals surface area (Å²) < 4.78 is 1.77. The third-order valence-corrected chi connectivity index (χ3v) is 3.69. The van der Waals surface area contributed by atoms with Gasteiger partial charge in [0.1, 0.15) is 0 Å². The van der Waals surface area contributed by atoms with Gasteiger partial charge in [-0.2, -0.15) is 0 Å². The monoisotopic (exact) mass is 272 g/mol. The molecule has 1 aliphatic rings. The van der Waals surface area contributed by atoms with Crippen molar-refractivity contribution in [2.75, 3.05) is 11.9 Å². The third-order valence-electron chi connectivity index (χ3n) is 2.94. The number of aromatic nitrogens is 3. The largest absolute Gasteiger partial charge is 0.294 e.